The van der Waals surface area contributed by atoms with Crippen LogP contribution in [-0.2, 0) is 5.41 Å². The van der Waals surface area contributed by atoms with E-state index in [1.807, 2.05) is 0 Å². The third kappa shape index (κ3) is 3.39. The number of pyridine rings is 1. The quantitative estimate of drug-likeness (QED) is 0.198. The second-order valence-electron chi connectivity index (χ2n) is 15.5. The molecule has 0 saturated heterocycles. The summed E-state index contributed by atoms with van der Waals surface area (Å²) in [5.41, 5.74) is 12.1. The summed E-state index contributed by atoms with van der Waals surface area (Å²) >= 11 is 0. The first-order valence-electron chi connectivity index (χ1n) is 16.7. The molecule has 5 atom stereocenters. The molecule has 0 bridgehead atoms. The van der Waals surface area contributed by atoms with Crippen LogP contribution in [-0.4, -0.2) is 0 Å². The van der Waals surface area contributed by atoms with Gasteiger partial charge in [0.1, 0.15) is 11.3 Å². The van der Waals surface area contributed by atoms with Crippen molar-refractivity contribution < 1.29 is 8.98 Å². The smallest absolute Gasteiger partial charge is 0.214 e. The number of benzene rings is 3. The average Bonchev–Trinajstić information content (AvgIpc) is 3.60. The summed E-state index contributed by atoms with van der Waals surface area (Å²) in [6.45, 7) is 22.1. The van der Waals surface area contributed by atoms with Gasteiger partial charge in [-0.2, -0.15) is 4.57 Å². The maximum atomic E-state index is 6.68. The predicted molar refractivity (Wildman–Crippen MR) is 178 cm³/mol. The second kappa shape index (κ2) is 9.07. The number of hydrogen-bond acceptors (Lipinski definition) is 1. The van der Waals surface area contributed by atoms with Crippen LogP contribution in [0.15, 0.2) is 71.1 Å². The van der Waals surface area contributed by atoms with Gasteiger partial charge in [-0.25, -0.2) is 0 Å². The zero-order valence-electron chi connectivity index (χ0n) is 27.3. The van der Waals surface area contributed by atoms with E-state index in [0.29, 0.717) is 47.5 Å². The van der Waals surface area contributed by atoms with E-state index in [1.54, 1.807) is 5.56 Å². The minimum absolute atomic E-state index is 0.173. The fraction of sp³-hybridized carbons (Fsp3) is 0.439. The number of para-hydroxylation sites is 2. The highest BCUT2D eigenvalue weighted by Crippen LogP contribution is 2.65. The molecule has 5 aromatic rings. The summed E-state index contributed by atoms with van der Waals surface area (Å²) in [4.78, 5) is 0. The highest BCUT2D eigenvalue weighted by atomic mass is 16.3. The van der Waals surface area contributed by atoms with E-state index in [2.05, 4.69) is 134 Å². The zero-order valence-corrected chi connectivity index (χ0v) is 27.3. The van der Waals surface area contributed by atoms with E-state index in [9.17, 15) is 0 Å². The molecule has 0 amide bonds. The molecule has 0 spiro atoms. The molecule has 1 fully saturated rings. The molecular formula is C41H46NO+. The first kappa shape index (κ1) is 27.2. The first-order chi connectivity index (χ1) is 20.5. The lowest BCUT2D eigenvalue weighted by Gasteiger charge is -2.36. The van der Waals surface area contributed by atoms with Crippen LogP contribution in [0, 0.1) is 42.4 Å². The summed E-state index contributed by atoms with van der Waals surface area (Å²) in [6.07, 6.45) is 0. The molecule has 2 nitrogen and oxygen atoms in total. The van der Waals surface area contributed by atoms with Crippen LogP contribution in [0.1, 0.15) is 89.6 Å². The Kier molecular flexibility index (Phi) is 5.73. The number of nitrogens with zero attached hydrogens (tertiary/aromatic N) is 1. The molecular weight excluding hydrogens is 522 g/mol. The molecule has 8 rings (SSSR count). The fourth-order valence-electron chi connectivity index (χ4n) is 10.5. The van der Waals surface area contributed by atoms with Gasteiger partial charge in [-0.3, -0.25) is 0 Å². The number of aromatic nitrogens is 1. The van der Waals surface area contributed by atoms with Gasteiger partial charge in [-0.1, -0.05) is 97.9 Å². The van der Waals surface area contributed by atoms with Crippen molar-refractivity contribution >= 4 is 21.9 Å². The Hall–Kier alpha value is -3.39. The minimum atomic E-state index is -0.173. The molecule has 1 aliphatic heterocycles. The highest BCUT2D eigenvalue weighted by Gasteiger charge is 2.62. The molecule has 43 heavy (non-hydrogen) atoms. The zero-order chi connectivity index (χ0) is 30.1. The normalized spacial score (nSPS) is 25.0. The van der Waals surface area contributed by atoms with Crippen LogP contribution in [0.4, 0.5) is 0 Å². The largest absolute Gasteiger partial charge is 0.456 e. The number of fused-ring (bicyclic) bond motifs is 14. The molecule has 0 radical (unpaired) electrons. The van der Waals surface area contributed by atoms with Crippen molar-refractivity contribution in [3.63, 3.8) is 0 Å². The SMILES string of the molecule is Cc1cc2[n+](c3ccccc13)C1C(c3ccc4c(c3-2)C(C)(C)c2c-4oc3ccccc23)C(C(C)C)C(C(C)C)C1C(C)C. The minimum Gasteiger partial charge on any atom is -0.456 e. The topological polar surface area (TPSA) is 17.0 Å². The van der Waals surface area contributed by atoms with E-state index >= 15 is 0 Å². The monoisotopic (exact) mass is 568 g/mol. The van der Waals surface area contributed by atoms with Gasteiger partial charge in [0.05, 0.1) is 11.5 Å². The molecule has 3 aliphatic rings. The van der Waals surface area contributed by atoms with Crippen molar-refractivity contribution in [2.24, 2.45) is 35.5 Å². The Bertz CT molecular complexity index is 1940. The molecule has 2 aliphatic carbocycles. The molecule has 2 aromatic heterocycles. The van der Waals surface area contributed by atoms with Crippen molar-refractivity contribution in [1.82, 2.24) is 0 Å². The Morgan fingerprint density at radius 1 is 0.721 bits per heavy atom. The third-order valence-electron chi connectivity index (χ3n) is 11.8. The van der Waals surface area contributed by atoms with Crippen molar-refractivity contribution in [3.05, 3.63) is 89.0 Å². The van der Waals surface area contributed by atoms with Gasteiger partial charge < -0.3 is 4.42 Å². The van der Waals surface area contributed by atoms with Gasteiger partial charge in [0, 0.05) is 45.4 Å². The van der Waals surface area contributed by atoms with E-state index < -0.39 is 0 Å². The van der Waals surface area contributed by atoms with Gasteiger partial charge >= 0.3 is 0 Å². The van der Waals surface area contributed by atoms with E-state index in [0.717, 1.165) is 11.3 Å². The summed E-state index contributed by atoms with van der Waals surface area (Å²) in [5.74, 6) is 5.29. The number of furan rings is 1. The Labute approximate surface area is 257 Å². The molecule has 220 valence electrons. The maximum Gasteiger partial charge on any atom is 0.214 e. The van der Waals surface area contributed by atoms with Crippen LogP contribution in [0.5, 0.6) is 0 Å². The Morgan fingerprint density at radius 3 is 2.07 bits per heavy atom. The lowest BCUT2D eigenvalue weighted by atomic mass is 9.69. The fourth-order valence-corrected chi connectivity index (χ4v) is 10.5. The van der Waals surface area contributed by atoms with Crippen LogP contribution >= 0.6 is 0 Å². The van der Waals surface area contributed by atoms with Crippen LogP contribution in [0.2, 0.25) is 0 Å². The summed E-state index contributed by atoms with van der Waals surface area (Å²) in [6, 6.07) is 25.7. The van der Waals surface area contributed by atoms with Gasteiger partial charge in [0.15, 0.2) is 6.04 Å². The lowest BCUT2D eigenvalue weighted by molar-refractivity contribution is -0.700. The number of rotatable bonds is 3. The second-order valence-corrected chi connectivity index (χ2v) is 15.5. The van der Waals surface area contributed by atoms with Gasteiger partial charge in [0.25, 0.3) is 0 Å². The maximum absolute atomic E-state index is 6.68. The van der Waals surface area contributed by atoms with E-state index in [1.165, 1.54) is 49.8 Å². The van der Waals surface area contributed by atoms with Crippen molar-refractivity contribution in [1.29, 1.82) is 0 Å². The Balaban J connectivity index is 1.53. The lowest BCUT2D eigenvalue weighted by Crippen LogP contribution is -2.51. The van der Waals surface area contributed by atoms with Crippen LogP contribution in [0.25, 0.3) is 44.5 Å². The number of hydrogen-bond donors (Lipinski definition) is 0. The van der Waals surface area contributed by atoms with Crippen LogP contribution in [0.3, 0.4) is 0 Å². The van der Waals surface area contributed by atoms with Crippen molar-refractivity contribution in [3.8, 4) is 22.6 Å². The molecule has 0 N–H and O–H groups in total. The van der Waals surface area contributed by atoms with Gasteiger partial charge in [-0.15, -0.1) is 0 Å². The summed E-state index contributed by atoms with van der Waals surface area (Å²) in [7, 11) is 0. The van der Waals surface area contributed by atoms with Crippen molar-refractivity contribution in [2.45, 2.75) is 79.7 Å². The predicted octanol–water partition coefficient (Wildman–Crippen LogP) is 10.6. The van der Waals surface area contributed by atoms with E-state index in [-0.39, 0.29) is 5.41 Å². The molecule has 2 heteroatoms. The molecule has 1 saturated carbocycles. The third-order valence-corrected chi connectivity index (χ3v) is 11.8. The molecule has 3 aromatic carbocycles. The Morgan fingerprint density at radius 2 is 1.37 bits per heavy atom. The standard InChI is InChI=1S/C41H46NO/c1-21(2)32-33(22(3)4)36-27-18-19-28-37(41(8,9)38-26-15-11-13-17-31(26)43-40(28)38)35(27)30-20-24(7)25-14-10-12-16-29(25)42(30)39(36)34(32)23(5)6/h10-23,32-34,36,39H,1-9H3/q+1. The van der Waals surface area contributed by atoms with E-state index in [4.69, 9.17) is 4.42 Å². The van der Waals surface area contributed by atoms with Gasteiger partial charge in [-0.05, 0) is 65.3 Å². The first-order valence-corrected chi connectivity index (χ1v) is 16.7. The highest BCUT2D eigenvalue weighted by molar-refractivity contribution is 5.97. The number of aryl methyl sites for hydroxylation is 1. The summed E-state index contributed by atoms with van der Waals surface area (Å²) < 4.78 is 9.52. The molecule has 3 heterocycles. The van der Waals surface area contributed by atoms with Crippen molar-refractivity contribution in [2.75, 3.05) is 0 Å². The summed E-state index contributed by atoms with van der Waals surface area (Å²) in [5, 5.41) is 2.64. The average molecular weight is 569 g/mol. The van der Waals surface area contributed by atoms with Crippen LogP contribution < -0.4 is 4.57 Å². The molecule has 5 unspecified atom stereocenters. The van der Waals surface area contributed by atoms with Gasteiger partial charge in [0.2, 0.25) is 11.2 Å².